The van der Waals surface area contributed by atoms with Crippen LogP contribution < -0.4 is 16.0 Å². The Bertz CT molecular complexity index is 410. The molecule has 0 radical (unpaired) electrons. The Balaban J connectivity index is 2.55. The van der Waals surface area contributed by atoms with Crippen molar-refractivity contribution in [2.75, 3.05) is 12.0 Å². The van der Waals surface area contributed by atoms with E-state index in [1.807, 2.05) is 0 Å². The summed E-state index contributed by atoms with van der Waals surface area (Å²) >= 11 is 0. The maximum atomic E-state index is 11.0. The number of para-hydroxylation sites is 1. The molecule has 0 aromatic heterocycles. The summed E-state index contributed by atoms with van der Waals surface area (Å²) in [5.41, 5.74) is 2.46. The minimum Gasteiger partial charge on any atom is -0.487 e. The second-order valence-electron chi connectivity index (χ2n) is 4.32. The highest BCUT2D eigenvalue weighted by molar-refractivity contribution is 5.67. The molecular formula is C13H21N3O3. The average Bonchev–Trinajstić information content (AvgIpc) is 2.42. The zero-order valence-corrected chi connectivity index (χ0v) is 11.2. The van der Waals surface area contributed by atoms with Gasteiger partial charge in [0.05, 0.1) is 11.5 Å². The monoisotopic (exact) mass is 267 g/mol. The van der Waals surface area contributed by atoms with Gasteiger partial charge in [0.1, 0.15) is 5.69 Å². The second kappa shape index (κ2) is 8.31. The van der Waals surface area contributed by atoms with Gasteiger partial charge in [0.25, 0.3) is 0 Å². The van der Waals surface area contributed by atoms with Gasteiger partial charge in [-0.1, -0.05) is 38.7 Å². The zero-order chi connectivity index (χ0) is 14.1. The van der Waals surface area contributed by atoms with E-state index in [1.54, 1.807) is 18.2 Å². The number of hydrogen-bond acceptors (Lipinski definition) is 5. The SMILES string of the molecule is CCCCCCCOc1cccc(NN)c1[N+](=O)[O-]. The third-order valence-electron chi connectivity index (χ3n) is 2.84. The number of hydrogen-bond donors (Lipinski definition) is 2. The average molecular weight is 267 g/mol. The Morgan fingerprint density at radius 1 is 1.32 bits per heavy atom. The summed E-state index contributed by atoms with van der Waals surface area (Å²) in [6.07, 6.45) is 5.56. The number of rotatable bonds is 9. The molecular weight excluding hydrogens is 246 g/mol. The van der Waals surface area contributed by atoms with E-state index in [0.29, 0.717) is 6.61 Å². The summed E-state index contributed by atoms with van der Waals surface area (Å²) in [5, 5.41) is 11.0. The summed E-state index contributed by atoms with van der Waals surface area (Å²) in [6.45, 7) is 2.64. The van der Waals surface area contributed by atoms with E-state index in [4.69, 9.17) is 10.6 Å². The van der Waals surface area contributed by atoms with Gasteiger partial charge in [-0.25, -0.2) is 0 Å². The number of nitrogens with zero attached hydrogens (tertiary/aromatic N) is 1. The largest absolute Gasteiger partial charge is 0.487 e. The van der Waals surface area contributed by atoms with Crippen LogP contribution in [0.1, 0.15) is 39.0 Å². The van der Waals surface area contributed by atoms with E-state index in [0.717, 1.165) is 12.8 Å². The van der Waals surface area contributed by atoms with Gasteiger partial charge in [0.2, 0.25) is 0 Å². The van der Waals surface area contributed by atoms with Crippen molar-refractivity contribution in [1.29, 1.82) is 0 Å². The molecule has 0 amide bonds. The fourth-order valence-corrected chi connectivity index (χ4v) is 1.83. The lowest BCUT2D eigenvalue weighted by Crippen LogP contribution is -2.10. The topological polar surface area (TPSA) is 90.4 Å². The fourth-order valence-electron chi connectivity index (χ4n) is 1.83. The third kappa shape index (κ3) is 4.75. The van der Waals surface area contributed by atoms with Gasteiger partial charge in [-0.2, -0.15) is 0 Å². The highest BCUT2D eigenvalue weighted by atomic mass is 16.6. The third-order valence-corrected chi connectivity index (χ3v) is 2.84. The Hall–Kier alpha value is -1.82. The van der Waals surface area contributed by atoms with Gasteiger partial charge >= 0.3 is 5.69 Å². The predicted molar refractivity (Wildman–Crippen MR) is 75.2 cm³/mol. The van der Waals surface area contributed by atoms with Gasteiger partial charge in [0.15, 0.2) is 5.75 Å². The maximum absolute atomic E-state index is 11.0. The van der Waals surface area contributed by atoms with Crippen LogP contribution in [0.25, 0.3) is 0 Å². The first-order valence-electron chi connectivity index (χ1n) is 6.57. The quantitative estimate of drug-likeness (QED) is 0.310. The fraction of sp³-hybridized carbons (Fsp3) is 0.538. The van der Waals surface area contributed by atoms with Crippen molar-refractivity contribution in [3.8, 4) is 5.75 Å². The molecule has 0 aliphatic rings. The van der Waals surface area contributed by atoms with Crippen LogP contribution in [0.5, 0.6) is 5.75 Å². The molecule has 3 N–H and O–H groups in total. The highest BCUT2D eigenvalue weighted by Gasteiger charge is 2.20. The smallest absolute Gasteiger partial charge is 0.335 e. The number of benzene rings is 1. The molecule has 106 valence electrons. The molecule has 0 unspecified atom stereocenters. The van der Waals surface area contributed by atoms with Crippen LogP contribution in [0.15, 0.2) is 18.2 Å². The van der Waals surface area contributed by atoms with Crippen LogP contribution in [-0.2, 0) is 0 Å². The number of unbranched alkanes of at least 4 members (excludes halogenated alkanes) is 4. The van der Waals surface area contributed by atoms with Gasteiger partial charge in [0, 0.05) is 0 Å². The predicted octanol–water partition coefficient (Wildman–Crippen LogP) is 3.23. The highest BCUT2D eigenvalue weighted by Crippen LogP contribution is 2.34. The van der Waals surface area contributed by atoms with Gasteiger partial charge in [-0.3, -0.25) is 16.0 Å². The molecule has 1 rings (SSSR count). The number of anilines is 1. The van der Waals surface area contributed by atoms with Crippen molar-refractivity contribution in [2.24, 2.45) is 5.84 Å². The first-order chi connectivity index (χ1) is 9.20. The number of nitro benzene ring substituents is 1. The van der Waals surface area contributed by atoms with Crippen molar-refractivity contribution in [3.63, 3.8) is 0 Å². The lowest BCUT2D eigenvalue weighted by molar-refractivity contribution is -0.385. The summed E-state index contributed by atoms with van der Waals surface area (Å²) in [6, 6.07) is 4.81. The molecule has 0 aliphatic carbocycles. The molecule has 0 aliphatic heterocycles. The van der Waals surface area contributed by atoms with E-state index in [1.165, 1.54) is 19.3 Å². The summed E-state index contributed by atoms with van der Waals surface area (Å²) in [5.74, 6) is 5.52. The number of ether oxygens (including phenoxy) is 1. The summed E-state index contributed by atoms with van der Waals surface area (Å²) < 4.78 is 5.48. The molecule has 19 heavy (non-hydrogen) atoms. The number of hydrazine groups is 1. The van der Waals surface area contributed by atoms with Gasteiger partial charge in [-0.15, -0.1) is 0 Å². The van der Waals surface area contributed by atoms with Crippen LogP contribution in [0.3, 0.4) is 0 Å². The molecule has 0 fully saturated rings. The van der Waals surface area contributed by atoms with Crippen molar-refractivity contribution in [1.82, 2.24) is 0 Å². The van der Waals surface area contributed by atoms with Crippen LogP contribution in [0.2, 0.25) is 0 Å². The van der Waals surface area contributed by atoms with E-state index >= 15 is 0 Å². The van der Waals surface area contributed by atoms with Crippen LogP contribution in [0, 0.1) is 10.1 Å². The second-order valence-corrected chi connectivity index (χ2v) is 4.32. The molecule has 1 aromatic rings. The minimum absolute atomic E-state index is 0.112. The molecule has 6 nitrogen and oxygen atoms in total. The first kappa shape index (κ1) is 15.2. The Morgan fingerprint density at radius 3 is 2.68 bits per heavy atom. The molecule has 1 aromatic carbocycles. The summed E-state index contributed by atoms with van der Waals surface area (Å²) in [4.78, 5) is 10.5. The Morgan fingerprint density at radius 2 is 2.05 bits per heavy atom. The van der Waals surface area contributed by atoms with E-state index in [9.17, 15) is 10.1 Å². The lowest BCUT2D eigenvalue weighted by atomic mass is 10.2. The van der Waals surface area contributed by atoms with Crippen molar-refractivity contribution in [2.45, 2.75) is 39.0 Å². The number of nitrogen functional groups attached to an aromatic ring is 1. The molecule has 0 saturated carbocycles. The molecule has 0 saturated heterocycles. The number of nitrogens with two attached hydrogens (primary N) is 1. The lowest BCUT2D eigenvalue weighted by Gasteiger charge is -2.09. The Kier molecular flexibility index (Phi) is 6.67. The molecule has 0 bridgehead atoms. The normalized spacial score (nSPS) is 10.2. The van der Waals surface area contributed by atoms with Crippen LogP contribution in [-0.4, -0.2) is 11.5 Å². The number of nitro groups is 1. The molecule has 0 spiro atoms. The van der Waals surface area contributed by atoms with Crippen LogP contribution in [0.4, 0.5) is 11.4 Å². The molecule has 6 heteroatoms. The van der Waals surface area contributed by atoms with Crippen molar-refractivity contribution in [3.05, 3.63) is 28.3 Å². The molecule has 0 atom stereocenters. The Labute approximate surface area is 113 Å². The van der Waals surface area contributed by atoms with Crippen LogP contribution >= 0.6 is 0 Å². The minimum atomic E-state index is -0.485. The molecule has 0 heterocycles. The zero-order valence-electron chi connectivity index (χ0n) is 11.2. The van der Waals surface area contributed by atoms with Gasteiger partial charge in [-0.05, 0) is 18.6 Å². The van der Waals surface area contributed by atoms with E-state index in [2.05, 4.69) is 12.3 Å². The standard InChI is InChI=1S/C13H21N3O3/c1-2-3-4-5-6-10-19-12-9-7-8-11(15-14)13(12)16(17)18/h7-9,15H,2-6,10,14H2,1H3. The maximum Gasteiger partial charge on any atom is 0.335 e. The summed E-state index contributed by atoms with van der Waals surface area (Å²) in [7, 11) is 0. The van der Waals surface area contributed by atoms with Gasteiger partial charge < -0.3 is 10.2 Å². The van der Waals surface area contributed by atoms with E-state index < -0.39 is 4.92 Å². The van der Waals surface area contributed by atoms with Crippen molar-refractivity contribution < 1.29 is 9.66 Å². The van der Waals surface area contributed by atoms with E-state index in [-0.39, 0.29) is 17.1 Å². The van der Waals surface area contributed by atoms with Crippen molar-refractivity contribution >= 4 is 11.4 Å². The first-order valence-corrected chi connectivity index (χ1v) is 6.57. The number of nitrogens with one attached hydrogen (secondary N) is 1.